The van der Waals surface area contributed by atoms with Crippen LogP contribution in [0, 0.1) is 5.92 Å². The largest absolute Gasteiger partial charge is 0.297 e. The molecule has 0 aromatic carbocycles. The van der Waals surface area contributed by atoms with E-state index in [-0.39, 0.29) is 12.4 Å². The van der Waals surface area contributed by atoms with Gasteiger partial charge >= 0.3 is 0 Å². The molecule has 0 saturated carbocycles. The van der Waals surface area contributed by atoms with Crippen LogP contribution in [0.3, 0.4) is 0 Å². The van der Waals surface area contributed by atoms with Crippen molar-refractivity contribution in [1.29, 1.82) is 0 Å². The molecule has 0 saturated heterocycles. The summed E-state index contributed by atoms with van der Waals surface area (Å²) in [6, 6.07) is 0. The predicted molar refractivity (Wildman–Crippen MR) is 38.5 cm³/mol. The third-order valence-electron chi connectivity index (χ3n) is 0.809. The van der Waals surface area contributed by atoms with E-state index < -0.39 is 21.5 Å². The van der Waals surface area contributed by atoms with E-state index in [1.807, 2.05) is 0 Å². The maximum absolute atomic E-state index is 12.2. The smallest absolute Gasteiger partial charge is 0.283 e. The van der Waals surface area contributed by atoms with Crippen LogP contribution >= 0.6 is 12.4 Å². The van der Waals surface area contributed by atoms with Gasteiger partial charge in [0.05, 0.1) is 0 Å². The summed E-state index contributed by atoms with van der Waals surface area (Å²) in [7, 11) is -4.47. The Morgan fingerprint density at radius 2 is 1.70 bits per heavy atom. The maximum atomic E-state index is 12.2. The molecule has 0 amide bonds. The first-order valence-electron chi connectivity index (χ1n) is 2.46. The Kier molecular flexibility index (Phi) is 5.24. The molecular weight excluding hydrogens is 183 g/mol. The molecule has 0 radical (unpaired) electrons. The van der Waals surface area contributed by atoms with Crippen LogP contribution in [0.4, 0.5) is 4.39 Å². The van der Waals surface area contributed by atoms with Crippen LogP contribution in [-0.2, 0) is 10.1 Å². The van der Waals surface area contributed by atoms with Gasteiger partial charge in [0.25, 0.3) is 10.1 Å². The summed E-state index contributed by atoms with van der Waals surface area (Å²) >= 11 is 0. The highest BCUT2D eigenvalue weighted by molar-refractivity contribution is 7.86. The van der Waals surface area contributed by atoms with Gasteiger partial charge in [0, 0.05) is 5.92 Å². The second kappa shape index (κ2) is 4.10. The van der Waals surface area contributed by atoms with Crippen molar-refractivity contribution < 1.29 is 17.4 Å². The fourth-order valence-electron chi connectivity index (χ4n) is 0.344. The summed E-state index contributed by atoms with van der Waals surface area (Å²) in [6.07, 6.45) is 0. The van der Waals surface area contributed by atoms with Crippen LogP contribution in [0.5, 0.6) is 0 Å². The molecular formula is C4H10ClFO3S. The normalized spacial score (nSPS) is 14.5. The zero-order valence-corrected chi connectivity index (χ0v) is 7.25. The Hall–Kier alpha value is 0.130. The zero-order valence-electron chi connectivity index (χ0n) is 5.61. The van der Waals surface area contributed by atoms with Crippen LogP contribution in [0.15, 0.2) is 0 Å². The van der Waals surface area contributed by atoms with Gasteiger partial charge in [-0.05, 0) is 0 Å². The average molecular weight is 193 g/mol. The minimum absolute atomic E-state index is 0. The Morgan fingerprint density at radius 3 is 1.70 bits per heavy atom. The molecule has 64 valence electrons. The molecule has 0 aliphatic heterocycles. The molecule has 0 fully saturated rings. The standard InChI is InChI=1S/C4H9FO3S.ClH/c1-3(2)4(5)9(6,7)8;/h3-4H,1-2H3,(H,6,7,8);1H. The average Bonchev–Trinajstić information content (AvgIpc) is 1.62. The van der Waals surface area contributed by atoms with Crippen LogP contribution in [-0.4, -0.2) is 18.5 Å². The van der Waals surface area contributed by atoms with E-state index in [4.69, 9.17) is 4.55 Å². The van der Waals surface area contributed by atoms with Gasteiger partial charge in [0.1, 0.15) is 0 Å². The van der Waals surface area contributed by atoms with Crippen molar-refractivity contribution in [2.75, 3.05) is 0 Å². The summed E-state index contributed by atoms with van der Waals surface area (Å²) in [6.45, 7) is 2.75. The van der Waals surface area contributed by atoms with Crippen molar-refractivity contribution in [2.45, 2.75) is 19.4 Å². The molecule has 1 N–H and O–H groups in total. The Bertz CT molecular complexity index is 177. The predicted octanol–water partition coefficient (Wildman–Crippen LogP) is 1.25. The molecule has 0 rings (SSSR count). The molecule has 0 spiro atoms. The Balaban J connectivity index is 0. The van der Waals surface area contributed by atoms with Gasteiger partial charge in [-0.2, -0.15) is 8.42 Å². The minimum Gasteiger partial charge on any atom is -0.283 e. The van der Waals surface area contributed by atoms with Crippen molar-refractivity contribution in [3.63, 3.8) is 0 Å². The molecule has 6 heteroatoms. The lowest BCUT2D eigenvalue weighted by Crippen LogP contribution is -2.20. The molecule has 0 aliphatic carbocycles. The van der Waals surface area contributed by atoms with Crippen molar-refractivity contribution in [3.8, 4) is 0 Å². The monoisotopic (exact) mass is 192 g/mol. The summed E-state index contributed by atoms with van der Waals surface area (Å²) in [5.74, 6) is -0.694. The molecule has 0 aromatic rings. The van der Waals surface area contributed by atoms with Crippen LogP contribution < -0.4 is 0 Å². The second-order valence-electron chi connectivity index (χ2n) is 2.11. The van der Waals surface area contributed by atoms with Gasteiger partial charge in [-0.1, -0.05) is 13.8 Å². The summed E-state index contributed by atoms with van der Waals surface area (Å²) in [5.41, 5.74) is -2.16. The molecule has 1 atom stereocenters. The van der Waals surface area contributed by atoms with E-state index in [1.54, 1.807) is 0 Å². The third kappa shape index (κ3) is 4.03. The molecule has 1 unspecified atom stereocenters. The number of hydrogen-bond acceptors (Lipinski definition) is 2. The van der Waals surface area contributed by atoms with Crippen molar-refractivity contribution in [2.24, 2.45) is 5.92 Å². The number of alkyl halides is 1. The first-order chi connectivity index (χ1) is 3.85. The lowest BCUT2D eigenvalue weighted by atomic mass is 10.3. The van der Waals surface area contributed by atoms with Gasteiger partial charge in [-0.15, -0.1) is 12.4 Å². The lowest BCUT2D eigenvalue weighted by Gasteiger charge is -2.06. The van der Waals surface area contributed by atoms with Gasteiger partial charge in [0.2, 0.25) is 5.50 Å². The number of rotatable bonds is 2. The molecule has 3 nitrogen and oxygen atoms in total. The Labute approximate surface area is 65.8 Å². The fourth-order valence-corrected chi connectivity index (χ4v) is 1.03. The van der Waals surface area contributed by atoms with Gasteiger partial charge < -0.3 is 0 Å². The second-order valence-corrected chi connectivity index (χ2v) is 3.59. The highest BCUT2D eigenvalue weighted by Crippen LogP contribution is 2.11. The van der Waals surface area contributed by atoms with Crippen LogP contribution in [0.1, 0.15) is 13.8 Å². The topological polar surface area (TPSA) is 54.4 Å². The van der Waals surface area contributed by atoms with Crippen LogP contribution in [0.25, 0.3) is 0 Å². The summed E-state index contributed by atoms with van der Waals surface area (Å²) in [4.78, 5) is 0. The molecule has 0 aliphatic rings. The van der Waals surface area contributed by atoms with Gasteiger partial charge in [-0.3, -0.25) is 4.55 Å². The number of hydrogen-bond donors (Lipinski definition) is 1. The molecule has 10 heavy (non-hydrogen) atoms. The SMILES string of the molecule is CC(C)C(F)S(=O)(=O)O.Cl. The highest BCUT2D eigenvalue weighted by atomic mass is 35.5. The molecule has 0 bridgehead atoms. The van der Waals surface area contributed by atoms with E-state index in [2.05, 4.69) is 0 Å². The minimum atomic E-state index is -4.47. The van der Waals surface area contributed by atoms with Gasteiger partial charge in [0.15, 0.2) is 0 Å². The Morgan fingerprint density at radius 1 is 1.40 bits per heavy atom. The third-order valence-corrected chi connectivity index (χ3v) is 1.92. The van der Waals surface area contributed by atoms with E-state index in [0.29, 0.717) is 0 Å². The van der Waals surface area contributed by atoms with Gasteiger partial charge in [-0.25, -0.2) is 4.39 Å². The summed E-state index contributed by atoms with van der Waals surface area (Å²) < 4.78 is 40.2. The molecule has 0 heterocycles. The lowest BCUT2D eigenvalue weighted by molar-refractivity contribution is 0.312. The van der Waals surface area contributed by atoms with E-state index in [0.717, 1.165) is 0 Å². The van der Waals surface area contributed by atoms with E-state index in [1.165, 1.54) is 13.8 Å². The zero-order chi connectivity index (χ0) is 7.65. The fraction of sp³-hybridized carbons (Fsp3) is 1.00. The summed E-state index contributed by atoms with van der Waals surface area (Å²) in [5, 5.41) is 0. The van der Waals surface area contributed by atoms with Crippen molar-refractivity contribution in [1.82, 2.24) is 0 Å². The van der Waals surface area contributed by atoms with Crippen molar-refractivity contribution >= 4 is 22.5 Å². The van der Waals surface area contributed by atoms with E-state index in [9.17, 15) is 12.8 Å². The quantitative estimate of drug-likeness (QED) is 0.670. The van der Waals surface area contributed by atoms with Crippen LogP contribution in [0.2, 0.25) is 0 Å². The maximum Gasteiger partial charge on any atom is 0.297 e. The molecule has 0 aromatic heterocycles. The first-order valence-corrected chi connectivity index (χ1v) is 3.96. The first kappa shape index (κ1) is 12.8. The van der Waals surface area contributed by atoms with E-state index >= 15 is 0 Å². The highest BCUT2D eigenvalue weighted by Gasteiger charge is 2.25. The number of halogens is 2. The van der Waals surface area contributed by atoms with Crippen molar-refractivity contribution in [3.05, 3.63) is 0 Å².